The van der Waals surface area contributed by atoms with Crippen LogP contribution in [-0.2, 0) is 9.53 Å². The minimum absolute atomic E-state index is 0.232. The van der Waals surface area contributed by atoms with Gasteiger partial charge in [-0.1, -0.05) is 12.1 Å². The largest absolute Gasteiger partial charge is 0.495 e. The highest BCUT2D eigenvalue weighted by Gasteiger charge is 2.21. The summed E-state index contributed by atoms with van der Waals surface area (Å²) in [6.45, 7) is 2.34. The second-order valence-corrected chi connectivity index (χ2v) is 3.81. The third kappa shape index (κ3) is 2.41. The van der Waals surface area contributed by atoms with Crippen LogP contribution in [0.25, 0.3) is 0 Å². The average Bonchev–Trinajstić information content (AvgIpc) is 2.76. The van der Waals surface area contributed by atoms with Gasteiger partial charge in [0, 0.05) is 12.1 Å². The molecule has 0 saturated carbocycles. The Balaban J connectivity index is 2.23. The number of para-hydroxylation sites is 2. The Hall–Kier alpha value is -1.97. The van der Waals surface area contributed by atoms with Gasteiger partial charge in [0.2, 0.25) is 0 Å². The summed E-state index contributed by atoms with van der Waals surface area (Å²) in [6, 6.07) is 7.59. The van der Waals surface area contributed by atoms with Crippen molar-refractivity contribution in [3.05, 3.63) is 35.5 Å². The van der Waals surface area contributed by atoms with Crippen molar-refractivity contribution in [2.24, 2.45) is 0 Å². The zero-order chi connectivity index (χ0) is 12.3. The summed E-state index contributed by atoms with van der Waals surface area (Å²) in [6.07, 6.45) is 0.660. The fraction of sp³-hybridized carbons (Fsp3) is 0.308. The number of nitrogens with one attached hydrogen (secondary N) is 1. The number of rotatable bonds is 3. The summed E-state index contributed by atoms with van der Waals surface area (Å²) in [5, 5.41) is 3.19. The first-order chi connectivity index (χ1) is 8.22. The highest BCUT2D eigenvalue weighted by molar-refractivity contribution is 5.91. The van der Waals surface area contributed by atoms with Crippen molar-refractivity contribution < 1.29 is 14.3 Å². The summed E-state index contributed by atoms with van der Waals surface area (Å²) >= 11 is 0. The number of hydrogen-bond acceptors (Lipinski definition) is 4. The molecule has 0 unspecified atom stereocenters. The number of benzene rings is 1. The van der Waals surface area contributed by atoms with E-state index in [-0.39, 0.29) is 5.97 Å². The molecule has 0 amide bonds. The number of esters is 1. The molecule has 0 atom stereocenters. The normalized spacial score (nSPS) is 17.6. The SMILES string of the molecule is COc1ccccc1N/C(C)=C1\CCOC1=O. The number of methoxy groups -OCH3 is 1. The van der Waals surface area contributed by atoms with Crippen molar-refractivity contribution in [2.75, 3.05) is 19.0 Å². The van der Waals surface area contributed by atoms with Gasteiger partial charge >= 0.3 is 5.97 Å². The molecule has 1 aromatic carbocycles. The van der Waals surface area contributed by atoms with Crippen LogP contribution in [0.5, 0.6) is 5.75 Å². The van der Waals surface area contributed by atoms with Crippen molar-refractivity contribution in [1.82, 2.24) is 0 Å². The molecule has 0 spiro atoms. The molecule has 2 rings (SSSR count). The molecule has 4 heteroatoms. The molecule has 0 aromatic heterocycles. The molecule has 4 nitrogen and oxygen atoms in total. The topological polar surface area (TPSA) is 47.6 Å². The molecule has 90 valence electrons. The van der Waals surface area contributed by atoms with Crippen molar-refractivity contribution in [1.29, 1.82) is 0 Å². The van der Waals surface area contributed by atoms with Crippen LogP contribution >= 0.6 is 0 Å². The fourth-order valence-corrected chi connectivity index (χ4v) is 1.80. The van der Waals surface area contributed by atoms with Gasteiger partial charge in [-0.15, -0.1) is 0 Å². The van der Waals surface area contributed by atoms with E-state index in [4.69, 9.17) is 9.47 Å². The van der Waals surface area contributed by atoms with E-state index in [0.29, 0.717) is 18.6 Å². The molecule has 17 heavy (non-hydrogen) atoms. The van der Waals surface area contributed by atoms with Crippen molar-refractivity contribution in [3.8, 4) is 5.75 Å². The molecular formula is C13H15NO3. The maximum atomic E-state index is 11.4. The number of carbonyl (C=O) groups is 1. The molecule has 0 bridgehead atoms. The second-order valence-electron chi connectivity index (χ2n) is 3.81. The first kappa shape index (κ1) is 11.5. The predicted molar refractivity (Wildman–Crippen MR) is 64.9 cm³/mol. The molecule has 1 aromatic rings. The maximum Gasteiger partial charge on any atom is 0.335 e. The van der Waals surface area contributed by atoms with E-state index in [2.05, 4.69) is 5.32 Å². The van der Waals surface area contributed by atoms with E-state index in [0.717, 1.165) is 17.1 Å². The van der Waals surface area contributed by atoms with E-state index in [9.17, 15) is 4.79 Å². The van der Waals surface area contributed by atoms with Gasteiger partial charge in [-0.2, -0.15) is 0 Å². The van der Waals surface area contributed by atoms with Crippen LogP contribution in [0.2, 0.25) is 0 Å². The van der Waals surface area contributed by atoms with Gasteiger partial charge in [0.05, 0.1) is 25.0 Å². The Morgan fingerprint density at radius 2 is 2.18 bits per heavy atom. The Labute approximate surface area is 100 Å². The number of cyclic esters (lactones) is 1. The second kappa shape index (κ2) is 4.91. The average molecular weight is 233 g/mol. The summed E-state index contributed by atoms with van der Waals surface area (Å²) in [5.41, 5.74) is 2.37. The van der Waals surface area contributed by atoms with E-state index >= 15 is 0 Å². The van der Waals surface area contributed by atoms with Gasteiger partial charge in [0.25, 0.3) is 0 Å². The third-order valence-corrected chi connectivity index (χ3v) is 2.71. The van der Waals surface area contributed by atoms with E-state index in [1.165, 1.54) is 0 Å². The smallest absolute Gasteiger partial charge is 0.335 e. The van der Waals surface area contributed by atoms with Crippen molar-refractivity contribution in [3.63, 3.8) is 0 Å². The molecular weight excluding hydrogens is 218 g/mol. The Kier molecular flexibility index (Phi) is 3.32. The number of hydrogen-bond donors (Lipinski definition) is 1. The Bertz CT molecular complexity index is 465. The van der Waals surface area contributed by atoms with E-state index in [1.807, 2.05) is 31.2 Å². The van der Waals surface area contributed by atoms with Gasteiger partial charge in [0.1, 0.15) is 5.75 Å². The van der Waals surface area contributed by atoms with Gasteiger partial charge in [-0.25, -0.2) is 4.79 Å². The van der Waals surface area contributed by atoms with Crippen LogP contribution in [0.1, 0.15) is 13.3 Å². The third-order valence-electron chi connectivity index (χ3n) is 2.71. The molecule has 1 heterocycles. The number of allylic oxidation sites excluding steroid dienone is 1. The minimum Gasteiger partial charge on any atom is -0.495 e. The lowest BCUT2D eigenvalue weighted by atomic mass is 10.1. The van der Waals surface area contributed by atoms with Crippen molar-refractivity contribution in [2.45, 2.75) is 13.3 Å². The van der Waals surface area contributed by atoms with Gasteiger partial charge in [-0.3, -0.25) is 0 Å². The first-order valence-electron chi connectivity index (χ1n) is 5.49. The van der Waals surface area contributed by atoms with Gasteiger partial charge in [0.15, 0.2) is 0 Å². The monoisotopic (exact) mass is 233 g/mol. The lowest BCUT2D eigenvalue weighted by Gasteiger charge is -2.12. The molecule has 1 N–H and O–H groups in total. The Morgan fingerprint density at radius 3 is 2.82 bits per heavy atom. The maximum absolute atomic E-state index is 11.4. The van der Waals surface area contributed by atoms with Crippen LogP contribution in [0.4, 0.5) is 5.69 Å². The fourth-order valence-electron chi connectivity index (χ4n) is 1.80. The highest BCUT2D eigenvalue weighted by atomic mass is 16.5. The van der Waals surface area contributed by atoms with E-state index in [1.54, 1.807) is 7.11 Å². The summed E-state index contributed by atoms with van der Waals surface area (Å²) in [7, 11) is 1.62. The molecule has 1 aliphatic heterocycles. The van der Waals surface area contributed by atoms with Gasteiger partial charge < -0.3 is 14.8 Å². The highest BCUT2D eigenvalue weighted by Crippen LogP contribution is 2.26. The number of carbonyl (C=O) groups excluding carboxylic acids is 1. The lowest BCUT2D eigenvalue weighted by Crippen LogP contribution is -2.05. The van der Waals surface area contributed by atoms with Crippen LogP contribution in [0.15, 0.2) is 35.5 Å². The molecule has 1 aliphatic rings. The van der Waals surface area contributed by atoms with E-state index < -0.39 is 0 Å². The first-order valence-corrected chi connectivity index (χ1v) is 5.49. The summed E-state index contributed by atoms with van der Waals surface area (Å²) < 4.78 is 10.1. The van der Waals surface area contributed by atoms with Crippen LogP contribution in [0, 0.1) is 0 Å². The predicted octanol–water partition coefficient (Wildman–Crippen LogP) is 2.33. The molecule has 0 radical (unpaired) electrons. The minimum atomic E-state index is -0.232. The molecule has 1 saturated heterocycles. The van der Waals surface area contributed by atoms with Crippen LogP contribution < -0.4 is 10.1 Å². The summed E-state index contributed by atoms with van der Waals surface area (Å²) in [4.78, 5) is 11.4. The van der Waals surface area contributed by atoms with Crippen molar-refractivity contribution >= 4 is 11.7 Å². The molecule has 1 fully saturated rings. The summed E-state index contributed by atoms with van der Waals surface area (Å²) in [5.74, 6) is 0.517. The van der Waals surface area contributed by atoms with Gasteiger partial charge in [-0.05, 0) is 19.1 Å². The van der Waals surface area contributed by atoms with Crippen LogP contribution in [0.3, 0.4) is 0 Å². The quantitative estimate of drug-likeness (QED) is 0.643. The zero-order valence-corrected chi connectivity index (χ0v) is 9.95. The number of anilines is 1. The molecule has 0 aliphatic carbocycles. The number of ether oxygens (including phenoxy) is 2. The zero-order valence-electron chi connectivity index (χ0n) is 9.95. The standard InChI is InChI=1S/C13H15NO3/c1-9(10-7-8-17-13(10)15)14-11-5-3-4-6-12(11)16-2/h3-6,14H,7-8H2,1-2H3/b10-9+. The van der Waals surface area contributed by atoms with Crippen LogP contribution in [-0.4, -0.2) is 19.7 Å². The Morgan fingerprint density at radius 1 is 1.41 bits per heavy atom. The lowest BCUT2D eigenvalue weighted by molar-refractivity contribution is -0.135.